The van der Waals surface area contributed by atoms with E-state index in [9.17, 15) is 10.2 Å². The van der Waals surface area contributed by atoms with Crippen molar-refractivity contribution in [2.24, 2.45) is 10.9 Å². The first kappa shape index (κ1) is 14.1. The van der Waals surface area contributed by atoms with Crippen LogP contribution in [0.4, 0.5) is 0 Å². The number of ether oxygens (including phenoxy) is 2. The average molecular weight is 286 g/mol. The lowest BCUT2D eigenvalue weighted by atomic mass is 9.87. The van der Waals surface area contributed by atoms with Gasteiger partial charge in [-0.1, -0.05) is 25.4 Å². The molecule has 0 fully saturated rings. The largest absolute Gasteiger partial charge is 0.448 e. The second-order valence-corrected chi connectivity index (χ2v) is 5.18. The molecule has 2 N–H and O–H groups in total. The second-order valence-electron chi connectivity index (χ2n) is 4.74. The van der Waals surface area contributed by atoms with Gasteiger partial charge in [-0.25, -0.2) is 4.99 Å². The van der Waals surface area contributed by atoms with Crippen molar-refractivity contribution in [1.82, 2.24) is 0 Å². The highest BCUT2D eigenvalue weighted by atomic mass is 35.5. The van der Waals surface area contributed by atoms with E-state index in [4.69, 9.17) is 21.1 Å². The molecule has 0 radical (unpaired) electrons. The Morgan fingerprint density at radius 3 is 2.42 bits per heavy atom. The normalized spacial score (nSPS) is 22.6. The summed E-state index contributed by atoms with van der Waals surface area (Å²) in [5.74, 6) is 0.425. The van der Waals surface area contributed by atoms with Crippen molar-refractivity contribution in [2.45, 2.75) is 25.7 Å². The molecule has 1 unspecified atom stereocenters. The summed E-state index contributed by atoms with van der Waals surface area (Å²) < 4.78 is 10.7. The number of aliphatic hydroxyl groups is 2. The summed E-state index contributed by atoms with van der Waals surface area (Å²) >= 11 is 5.77. The lowest BCUT2D eigenvalue weighted by Crippen LogP contribution is -2.46. The van der Waals surface area contributed by atoms with Crippen molar-refractivity contribution in [1.29, 1.82) is 0 Å². The molecular formula is C13H16ClNO4. The van der Waals surface area contributed by atoms with Crippen molar-refractivity contribution < 1.29 is 19.7 Å². The summed E-state index contributed by atoms with van der Waals surface area (Å²) in [5, 5.41) is 19.6. The number of nitrogens with zero attached hydrogens (tertiary/aromatic N) is 1. The van der Waals surface area contributed by atoms with Gasteiger partial charge in [0.1, 0.15) is 12.4 Å². The molecule has 104 valence electrons. The fourth-order valence-electron chi connectivity index (χ4n) is 1.79. The van der Waals surface area contributed by atoms with E-state index >= 15 is 0 Å². The Bertz CT molecular complexity index is 462. The summed E-state index contributed by atoms with van der Waals surface area (Å²) in [6.07, 6.45) is -1.57. The number of aliphatic imine (C=N–C) groups is 1. The van der Waals surface area contributed by atoms with E-state index in [1.165, 1.54) is 0 Å². The van der Waals surface area contributed by atoms with E-state index in [0.717, 1.165) is 0 Å². The van der Waals surface area contributed by atoms with Gasteiger partial charge in [-0.15, -0.1) is 0 Å². The van der Waals surface area contributed by atoms with Gasteiger partial charge in [0.15, 0.2) is 11.8 Å². The monoisotopic (exact) mass is 285 g/mol. The van der Waals surface area contributed by atoms with Gasteiger partial charge in [-0.2, -0.15) is 0 Å². The molecule has 0 aromatic heterocycles. The number of benzene rings is 1. The van der Waals surface area contributed by atoms with Crippen molar-refractivity contribution in [3.05, 3.63) is 29.3 Å². The van der Waals surface area contributed by atoms with Gasteiger partial charge in [0.25, 0.3) is 0 Å². The molecule has 1 aliphatic rings. The smallest absolute Gasteiger partial charge is 0.390 e. The average Bonchev–Trinajstić information content (AvgIpc) is 2.77. The standard InChI is InChI=1S/C13H16ClNO4/c1-8(2)13(11(16)17)7-18-12(15-13)19-10-5-3-9(14)4-6-10/h3-6,8,11,16-17H,7H2,1-2H3. The van der Waals surface area contributed by atoms with E-state index < -0.39 is 11.8 Å². The van der Waals surface area contributed by atoms with Crippen molar-refractivity contribution in [3.63, 3.8) is 0 Å². The Balaban J connectivity index is 2.16. The summed E-state index contributed by atoms with van der Waals surface area (Å²) in [5.41, 5.74) is -1.08. The Kier molecular flexibility index (Phi) is 3.99. The molecule has 1 heterocycles. The van der Waals surface area contributed by atoms with Crippen LogP contribution in [0.15, 0.2) is 29.3 Å². The predicted octanol–water partition coefficient (Wildman–Crippen LogP) is 1.81. The summed E-state index contributed by atoms with van der Waals surface area (Å²) in [7, 11) is 0. The third-order valence-corrected chi connectivity index (χ3v) is 3.44. The van der Waals surface area contributed by atoms with Gasteiger partial charge in [0.05, 0.1) is 0 Å². The zero-order valence-electron chi connectivity index (χ0n) is 10.7. The molecule has 0 saturated carbocycles. The van der Waals surface area contributed by atoms with Crippen LogP contribution < -0.4 is 4.74 Å². The number of hydrogen-bond donors (Lipinski definition) is 2. The van der Waals surface area contributed by atoms with Crippen LogP contribution in [-0.2, 0) is 4.74 Å². The van der Waals surface area contributed by atoms with Crippen molar-refractivity contribution >= 4 is 17.7 Å². The van der Waals surface area contributed by atoms with E-state index in [2.05, 4.69) is 4.99 Å². The maximum absolute atomic E-state index is 9.49. The number of rotatable bonds is 3. The first-order valence-corrected chi connectivity index (χ1v) is 6.34. The Morgan fingerprint density at radius 1 is 1.32 bits per heavy atom. The van der Waals surface area contributed by atoms with Crippen LogP contribution in [0.2, 0.25) is 5.02 Å². The van der Waals surface area contributed by atoms with Gasteiger partial charge in [0, 0.05) is 5.02 Å². The van der Waals surface area contributed by atoms with Crippen LogP contribution in [0, 0.1) is 5.92 Å². The molecule has 1 atom stereocenters. The summed E-state index contributed by atoms with van der Waals surface area (Å²) in [6.45, 7) is 3.76. The van der Waals surface area contributed by atoms with E-state index in [1.54, 1.807) is 24.3 Å². The van der Waals surface area contributed by atoms with Gasteiger partial charge < -0.3 is 19.7 Å². The maximum atomic E-state index is 9.49. The molecule has 19 heavy (non-hydrogen) atoms. The molecule has 1 aromatic rings. The summed E-state index contributed by atoms with van der Waals surface area (Å²) in [4.78, 5) is 4.18. The van der Waals surface area contributed by atoms with Crippen molar-refractivity contribution in [3.8, 4) is 5.75 Å². The SMILES string of the molecule is CC(C)C1(C(O)O)COC(Oc2ccc(Cl)cc2)=N1. The lowest BCUT2D eigenvalue weighted by Gasteiger charge is -2.29. The molecule has 2 rings (SSSR count). The highest BCUT2D eigenvalue weighted by Crippen LogP contribution is 2.31. The Labute approximate surface area is 116 Å². The van der Waals surface area contributed by atoms with Crippen LogP contribution in [0.5, 0.6) is 5.75 Å². The van der Waals surface area contributed by atoms with Gasteiger partial charge >= 0.3 is 6.08 Å². The minimum Gasteiger partial charge on any atom is -0.448 e. The molecule has 0 aliphatic carbocycles. The zero-order valence-corrected chi connectivity index (χ0v) is 11.5. The fraction of sp³-hybridized carbons (Fsp3) is 0.462. The second kappa shape index (κ2) is 5.36. The molecule has 0 amide bonds. The number of halogens is 1. The van der Waals surface area contributed by atoms with E-state index in [0.29, 0.717) is 10.8 Å². The third-order valence-electron chi connectivity index (χ3n) is 3.19. The lowest BCUT2D eigenvalue weighted by molar-refractivity contribution is -0.114. The molecule has 5 nitrogen and oxygen atoms in total. The third kappa shape index (κ3) is 2.83. The molecule has 0 bridgehead atoms. The molecule has 1 aromatic carbocycles. The molecular weight excluding hydrogens is 270 g/mol. The number of aliphatic hydroxyl groups excluding tert-OH is 1. The van der Waals surface area contributed by atoms with Crippen LogP contribution in [0.25, 0.3) is 0 Å². The van der Waals surface area contributed by atoms with Crippen LogP contribution >= 0.6 is 11.6 Å². The molecule has 0 saturated heterocycles. The van der Waals surface area contributed by atoms with Crippen LogP contribution in [0.1, 0.15) is 13.8 Å². The van der Waals surface area contributed by atoms with E-state index in [-0.39, 0.29) is 18.6 Å². The highest BCUT2D eigenvalue weighted by molar-refractivity contribution is 6.30. The summed E-state index contributed by atoms with van der Waals surface area (Å²) in [6, 6.07) is 6.73. The Morgan fingerprint density at radius 2 is 1.95 bits per heavy atom. The first-order valence-electron chi connectivity index (χ1n) is 5.96. The maximum Gasteiger partial charge on any atom is 0.390 e. The van der Waals surface area contributed by atoms with E-state index in [1.807, 2.05) is 13.8 Å². The minimum atomic E-state index is -1.60. The van der Waals surface area contributed by atoms with Gasteiger partial charge in [0.2, 0.25) is 0 Å². The van der Waals surface area contributed by atoms with Crippen LogP contribution in [-0.4, -0.2) is 34.7 Å². The van der Waals surface area contributed by atoms with Crippen LogP contribution in [0.3, 0.4) is 0 Å². The number of hydrogen-bond acceptors (Lipinski definition) is 5. The topological polar surface area (TPSA) is 71.3 Å². The minimum absolute atomic E-state index is 0.0316. The Hall–Kier alpha value is -1.30. The molecule has 6 heteroatoms. The quantitative estimate of drug-likeness (QED) is 0.831. The fourth-order valence-corrected chi connectivity index (χ4v) is 1.92. The predicted molar refractivity (Wildman–Crippen MR) is 71.3 cm³/mol. The highest BCUT2D eigenvalue weighted by Gasteiger charge is 2.46. The zero-order chi connectivity index (χ0) is 14.0. The first-order chi connectivity index (χ1) is 8.94. The molecule has 1 aliphatic heterocycles. The van der Waals surface area contributed by atoms with Crippen molar-refractivity contribution in [2.75, 3.05) is 6.61 Å². The van der Waals surface area contributed by atoms with Gasteiger partial charge in [-0.05, 0) is 30.2 Å². The molecule has 0 spiro atoms. The van der Waals surface area contributed by atoms with Gasteiger partial charge in [-0.3, -0.25) is 0 Å².